The van der Waals surface area contributed by atoms with Gasteiger partial charge in [-0.1, -0.05) is 24.2 Å². The second kappa shape index (κ2) is 7.58. The summed E-state index contributed by atoms with van der Waals surface area (Å²) in [5.41, 5.74) is 1.95. The number of hydrogen-bond donors (Lipinski definition) is 1. The molecule has 0 bridgehead atoms. The summed E-state index contributed by atoms with van der Waals surface area (Å²) < 4.78 is 5.28. The first-order valence-corrected chi connectivity index (χ1v) is 9.74. The molecule has 3 aromatic rings. The monoisotopic (exact) mass is 380 g/mol. The number of nitrogens with zero attached hydrogens (tertiary/aromatic N) is 3. The van der Waals surface area contributed by atoms with Crippen LogP contribution in [0.3, 0.4) is 0 Å². The number of nitrogens with one attached hydrogen (secondary N) is 1. The SMILES string of the molecule is Cc1ccc2cc(-c3noc(CCC(=O)N4CCC(C)CC4)n3)c(=O)[nH]c2c1. The van der Waals surface area contributed by atoms with Crippen LogP contribution in [0.2, 0.25) is 0 Å². The molecule has 1 N–H and O–H groups in total. The molecule has 0 radical (unpaired) electrons. The molecule has 28 heavy (non-hydrogen) atoms. The third-order valence-electron chi connectivity index (χ3n) is 5.40. The Morgan fingerprint density at radius 3 is 2.86 bits per heavy atom. The van der Waals surface area contributed by atoms with Gasteiger partial charge in [0.1, 0.15) is 0 Å². The molecule has 3 heterocycles. The molecule has 0 unspecified atom stereocenters. The zero-order chi connectivity index (χ0) is 19.7. The van der Waals surface area contributed by atoms with Crippen LogP contribution < -0.4 is 5.56 Å². The average molecular weight is 380 g/mol. The fourth-order valence-corrected chi connectivity index (χ4v) is 3.58. The number of aryl methyl sites for hydroxylation is 2. The van der Waals surface area contributed by atoms with Crippen LogP contribution in [0.15, 0.2) is 33.6 Å². The smallest absolute Gasteiger partial charge is 0.259 e. The fraction of sp³-hybridized carbons (Fsp3) is 0.429. The van der Waals surface area contributed by atoms with E-state index in [4.69, 9.17) is 4.52 Å². The Morgan fingerprint density at radius 1 is 1.29 bits per heavy atom. The summed E-state index contributed by atoms with van der Waals surface area (Å²) in [6.07, 6.45) is 2.83. The standard InChI is InChI=1S/C21H24N4O3/c1-13-7-9-25(10-8-13)19(26)6-5-18-23-20(24-28-18)16-12-15-4-3-14(2)11-17(15)22-21(16)27/h3-4,11-13H,5-10H2,1-2H3,(H,22,27). The third kappa shape index (κ3) is 3.83. The molecular formula is C21H24N4O3. The van der Waals surface area contributed by atoms with Crippen LogP contribution in [-0.2, 0) is 11.2 Å². The predicted octanol–water partition coefficient (Wildman–Crippen LogP) is 3.08. The summed E-state index contributed by atoms with van der Waals surface area (Å²) in [6, 6.07) is 7.62. The van der Waals surface area contributed by atoms with Crippen molar-refractivity contribution in [2.24, 2.45) is 5.92 Å². The maximum absolute atomic E-state index is 12.4. The van der Waals surface area contributed by atoms with Crippen molar-refractivity contribution in [2.75, 3.05) is 13.1 Å². The average Bonchev–Trinajstić information content (AvgIpc) is 3.15. The Morgan fingerprint density at radius 2 is 2.07 bits per heavy atom. The van der Waals surface area contributed by atoms with Gasteiger partial charge in [-0.3, -0.25) is 9.59 Å². The second-order valence-corrected chi connectivity index (χ2v) is 7.68. The number of hydrogen-bond acceptors (Lipinski definition) is 5. The lowest BCUT2D eigenvalue weighted by Crippen LogP contribution is -2.38. The third-order valence-corrected chi connectivity index (χ3v) is 5.40. The molecule has 0 aliphatic carbocycles. The Hall–Kier alpha value is -2.96. The van der Waals surface area contributed by atoms with Crippen molar-refractivity contribution in [3.8, 4) is 11.4 Å². The summed E-state index contributed by atoms with van der Waals surface area (Å²) in [5.74, 6) is 1.42. The summed E-state index contributed by atoms with van der Waals surface area (Å²) in [7, 11) is 0. The van der Waals surface area contributed by atoms with Crippen LogP contribution in [0, 0.1) is 12.8 Å². The number of pyridine rings is 1. The number of fused-ring (bicyclic) bond motifs is 1. The molecule has 0 atom stereocenters. The van der Waals surface area contributed by atoms with Gasteiger partial charge in [-0.15, -0.1) is 0 Å². The number of likely N-dealkylation sites (tertiary alicyclic amines) is 1. The molecule has 4 rings (SSSR count). The molecular weight excluding hydrogens is 356 g/mol. The van der Waals surface area contributed by atoms with Crippen LogP contribution in [0.5, 0.6) is 0 Å². The van der Waals surface area contributed by atoms with Crippen molar-refractivity contribution in [2.45, 2.75) is 39.5 Å². The number of piperidine rings is 1. The van der Waals surface area contributed by atoms with E-state index in [1.807, 2.05) is 30.0 Å². The van der Waals surface area contributed by atoms with Crippen LogP contribution in [-0.4, -0.2) is 39.0 Å². The first-order valence-electron chi connectivity index (χ1n) is 9.74. The summed E-state index contributed by atoms with van der Waals surface area (Å²) in [6.45, 7) is 5.84. The van der Waals surface area contributed by atoms with Gasteiger partial charge in [-0.25, -0.2) is 0 Å². The van der Waals surface area contributed by atoms with Gasteiger partial charge in [0, 0.05) is 31.4 Å². The van der Waals surface area contributed by atoms with Crippen molar-refractivity contribution in [1.29, 1.82) is 0 Å². The number of amides is 1. The first kappa shape index (κ1) is 18.4. The number of carbonyl (C=O) groups excluding carboxylic acids is 1. The van der Waals surface area contributed by atoms with Crippen molar-refractivity contribution < 1.29 is 9.32 Å². The van der Waals surface area contributed by atoms with Crippen molar-refractivity contribution in [3.05, 3.63) is 46.1 Å². The second-order valence-electron chi connectivity index (χ2n) is 7.68. The molecule has 146 valence electrons. The zero-order valence-electron chi connectivity index (χ0n) is 16.2. The molecule has 7 heteroatoms. The van der Waals surface area contributed by atoms with Gasteiger partial charge in [0.2, 0.25) is 17.6 Å². The van der Waals surface area contributed by atoms with Crippen LogP contribution in [0.1, 0.15) is 37.6 Å². The predicted molar refractivity (Wildman–Crippen MR) is 106 cm³/mol. The maximum Gasteiger partial charge on any atom is 0.259 e. The van der Waals surface area contributed by atoms with Gasteiger partial charge in [-0.2, -0.15) is 4.98 Å². The van der Waals surface area contributed by atoms with Gasteiger partial charge in [0.25, 0.3) is 5.56 Å². The van der Waals surface area contributed by atoms with Gasteiger partial charge >= 0.3 is 0 Å². The number of benzene rings is 1. The van der Waals surface area contributed by atoms with Gasteiger partial charge < -0.3 is 14.4 Å². The molecule has 1 fully saturated rings. The molecule has 2 aromatic heterocycles. The highest BCUT2D eigenvalue weighted by atomic mass is 16.5. The van der Waals surface area contributed by atoms with Crippen LogP contribution >= 0.6 is 0 Å². The van der Waals surface area contributed by atoms with Crippen molar-refractivity contribution >= 4 is 16.8 Å². The van der Waals surface area contributed by atoms with E-state index in [1.165, 1.54) is 0 Å². The summed E-state index contributed by atoms with van der Waals surface area (Å²) >= 11 is 0. The Kier molecular flexibility index (Phi) is 4.98. The Bertz CT molecular complexity index is 1060. The van der Waals surface area contributed by atoms with Gasteiger partial charge in [0.15, 0.2) is 0 Å². The first-order chi connectivity index (χ1) is 13.5. The number of carbonyl (C=O) groups is 1. The highest BCUT2D eigenvalue weighted by Gasteiger charge is 2.21. The zero-order valence-corrected chi connectivity index (χ0v) is 16.2. The minimum Gasteiger partial charge on any atom is -0.343 e. The van der Waals surface area contributed by atoms with E-state index in [0.29, 0.717) is 30.2 Å². The lowest BCUT2D eigenvalue weighted by molar-refractivity contribution is -0.132. The molecule has 7 nitrogen and oxygen atoms in total. The highest BCUT2D eigenvalue weighted by molar-refractivity contribution is 5.82. The largest absolute Gasteiger partial charge is 0.343 e. The number of H-pyrrole nitrogens is 1. The van der Waals surface area contributed by atoms with Crippen molar-refractivity contribution in [3.63, 3.8) is 0 Å². The molecule has 1 aliphatic heterocycles. The number of aromatic amines is 1. The minimum absolute atomic E-state index is 0.116. The van der Waals surface area contributed by atoms with E-state index in [0.717, 1.165) is 42.4 Å². The Labute approximate surface area is 162 Å². The quantitative estimate of drug-likeness (QED) is 0.751. The minimum atomic E-state index is -0.260. The summed E-state index contributed by atoms with van der Waals surface area (Å²) in [5, 5.41) is 4.84. The van der Waals surface area contributed by atoms with E-state index in [9.17, 15) is 9.59 Å². The molecule has 1 aliphatic rings. The topological polar surface area (TPSA) is 92.1 Å². The lowest BCUT2D eigenvalue weighted by atomic mass is 9.99. The summed E-state index contributed by atoms with van der Waals surface area (Å²) in [4.78, 5) is 33.9. The van der Waals surface area contributed by atoms with E-state index in [-0.39, 0.29) is 17.3 Å². The molecule has 1 amide bonds. The maximum atomic E-state index is 12.4. The van der Waals surface area contributed by atoms with E-state index < -0.39 is 0 Å². The number of rotatable bonds is 4. The lowest BCUT2D eigenvalue weighted by Gasteiger charge is -2.30. The van der Waals surface area contributed by atoms with E-state index in [1.54, 1.807) is 6.07 Å². The van der Waals surface area contributed by atoms with Gasteiger partial charge in [-0.05, 0) is 48.8 Å². The Balaban J connectivity index is 1.46. The molecule has 0 saturated carbocycles. The van der Waals surface area contributed by atoms with E-state index in [2.05, 4.69) is 22.0 Å². The van der Waals surface area contributed by atoms with E-state index >= 15 is 0 Å². The van der Waals surface area contributed by atoms with Crippen LogP contribution in [0.4, 0.5) is 0 Å². The molecule has 1 aromatic carbocycles. The fourth-order valence-electron chi connectivity index (χ4n) is 3.58. The highest BCUT2D eigenvalue weighted by Crippen LogP contribution is 2.20. The normalized spacial score (nSPS) is 15.3. The number of aromatic nitrogens is 3. The molecule has 0 spiro atoms. The van der Waals surface area contributed by atoms with Crippen molar-refractivity contribution in [1.82, 2.24) is 20.0 Å². The van der Waals surface area contributed by atoms with Crippen LogP contribution in [0.25, 0.3) is 22.3 Å². The van der Waals surface area contributed by atoms with Gasteiger partial charge in [0.05, 0.1) is 5.56 Å². The molecule has 1 saturated heterocycles.